The second-order valence-corrected chi connectivity index (χ2v) is 6.79. The number of carboxylic acids is 1. The average molecular weight is 413 g/mol. The number of amides is 1. The molecule has 2 aromatic carbocycles. The number of non-ortho nitro benzene ring substituents is 1. The van der Waals surface area contributed by atoms with E-state index < -0.39 is 16.8 Å². The van der Waals surface area contributed by atoms with Crippen molar-refractivity contribution in [3.63, 3.8) is 0 Å². The second-order valence-electron chi connectivity index (χ2n) is 6.35. The Bertz CT molecular complexity index is 1160. The molecular formula is C19H13ClN4O5. The summed E-state index contributed by atoms with van der Waals surface area (Å²) in [6.45, 7) is 0.227. The van der Waals surface area contributed by atoms with E-state index in [-0.39, 0.29) is 30.0 Å². The smallest absolute Gasteiger partial charge is 0.356 e. The molecule has 146 valence electrons. The van der Waals surface area contributed by atoms with Gasteiger partial charge < -0.3 is 10.0 Å². The van der Waals surface area contributed by atoms with Gasteiger partial charge in [0.25, 0.3) is 11.6 Å². The van der Waals surface area contributed by atoms with Crippen molar-refractivity contribution in [3.8, 4) is 5.69 Å². The van der Waals surface area contributed by atoms with Gasteiger partial charge in [-0.05, 0) is 36.8 Å². The minimum Gasteiger partial charge on any atom is -0.476 e. The largest absolute Gasteiger partial charge is 0.476 e. The van der Waals surface area contributed by atoms with Crippen LogP contribution >= 0.6 is 11.6 Å². The number of fused-ring (bicyclic) bond motifs is 1. The molecule has 0 saturated heterocycles. The molecule has 9 nitrogen and oxygen atoms in total. The van der Waals surface area contributed by atoms with Gasteiger partial charge in [0.2, 0.25) is 0 Å². The van der Waals surface area contributed by atoms with Crippen molar-refractivity contribution in [1.29, 1.82) is 0 Å². The molecule has 1 amide bonds. The molecule has 4 rings (SSSR count). The van der Waals surface area contributed by atoms with Crippen molar-refractivity contribution in [1.82, 2.24) is 9.78 Å². The van der Waals surface area contributed by atoms with E-state index in [0.29, 0.717) is 22.0 Å². The van der Waals surface area contributed by atoms with Crippen LogP contribution in [-0.2, 0) is 6.42 Å². The van der Waals surface area contributed by atoms with E-state index in [1.165, 1.54) is 33.8 Å². The second kappa shape index (κ2) is 7.02. The highest BCUT2D eigenvalue weighted by Crippen LogP contribution is 2.30. The van der Waals surface area contributed by atoms with Crippen LogP contribution in [0.4, 0.5) is 11.4 Å². The highest BCUT2D eigenvalue weighted by molar-refractivity contribution is 6.30. The van der Waals surface area contributed by atoms with Crippen molar-refractivity contribution in [3.05, 3.63) is 80.6 Å². The standard InChI is InChI=1S/C19H13ClN4O5/c20-11-2-1-3-14(10-11)23-17-15(16(21-23)19(26)27)8-9-22(18(17)25)12-4-6-13(7-5-12)24(28)29/h1-7,10H,8-9H2,(H,26,27). The van der Waals surface area contributed by atoms with Crippen LogP contribution in [0.1, 0.15) is 26.5 Å². The van der Waals surface area contributed by atoms with E-state index in [9.17, 15) is 24.8 Å². The number of carbonyl (C=O) groups is 2. The maximum atomic E-state index is 13.3. The molecule has 0 spiro atoms. The number of nitro benzene ring substituents is 1. The number of aromatic nitrogens is 2. The number of rotatable bonds is 4. The number of nitro groups is 1. The molecule has 1 aromatic heterocycles. The zero-order valence-electron chi connectivity index (χ0n) is 14.8. The molecule has 1 aliphatic heterocycles. The van der Waals surface area contributed by atoms with Crippen molar-refractivity contribution in [2.24, 2.45) is 0 Å². The molecule has 0 saturated carbocycles. The molecule has 0 unspecified atom stereocenters. The lowest BCUT2D eigenvalue weighted by molar-refractivity contribution is -0.384. The summed E-state index contributed by atoms with van der Waals surface area (Å²) in [5.74, 6) is -1.67. The monoisotopic (exact) mass is 412 g/mol. The van der Waals surface area contributed by atoms with Crippen molar-refractivity contribution >= 4 is 34.9 Å². The lowest BCUT2D eigenvalue weighted by Gasteiger charge is -2.27. The van der Waals surface area contributed by atoms with Gasteiger partial charge in [0, 0.05) is 35.0 Å². The van der Waals surface area contributed by atoms with Crippen LogP contribution < -0.4 is 4.90 Å². The van der Waals surface area contributed by atoms with Crippen LogP contribution in [0.3, 0.4) is 0 Å². The van der Waals surface area contributed by atoms with Crippen LogP contribution in [0.25, 0.3) is 5.69 Å². The summed E-state index contributed by atoms with van der Waals surface area (Å²) in [7, 11) is 0. The van der Waals surface area contributed by atoms with Crippen LogP contribution in [-0.4, -0.2) is 38.2 Å². The molecule has 3 aromatic rings. The van der Waals surface area contributed by atoms with Crippen molar-refractivity contribution in [2.45, 2.75) is 6.42 Å². The predicted octanol–water partition coefficient (Wildman–Crippen LogP) is 3.34. The first-order chi connectivity index (χ1) is 13.9. The van der Waals surface area contributed by atoms with Crippen molar-refractivity contribution < 1.29 is 19.6 Å². The van der Waals surface area contributed by atoms with E-state index in [2.05, 4.69) is 5.10 Å². The summed E-state index contributed by atoms with van der Waals surface area (Å²) >= 11 is 6.04. The van der Waals surface area contributed by atoms with Gasteiger partial charge in [-0.1, -0.05) is 17.7 Å². The number of nitrogens with zero attached hydrogens (tertiary/aromatic N) is 4. The Balaban J connectivity index is 1.82. The van der Waals surface area contributed by atoms with Gasteiger partial charge in [-0.25, -0.2) is 9.48 Å². The SMILES string of the molecule is O=C(O)c1nn(-c2cccc(Cl)c2)c2c1CCN(c1ccc([N+](=O)[O-])cc1)C2=O. The molecule has 2 heterocycles. The van der Waals surface area contributed by atoms with Gasteiger partial charge in [0.15, 0.2) is 5.69 Å². The molecule has 0 atom stereocenters. The minimum atomic E-state index is -1.22. The fourth-order valence-corrected chi connectivity index (χ4v) is 3.51. The van der Waals surface area contributed by atoms with E-state index in [4.69, 9.17) is 11.6 Å². The summed E-state index contributed by atoms with van der Waals surface area (Å²) in [6.07, 6.45) is 0.278. The van der Waals surface area contributed by atoms with Crippen LogP contribution in [0, 0.1) is 10.1 Å². The highest BCUT2D eigenvalue weighted by Gasteiger charge is 2.35. The third-order valence-electron chi connectivity index (χ3n) is 4.64. The van der Waals surface area contributed by atoms with E-state index >= 15 is 0 Å². The fourth-order valence-electron chi connectivity index (χ4n) is 3.33. The maximum absolute atomic E-state index is 13.3. The molecule has 0 bridgehead atoms. The molecule has 0 aliphatic carbocycles. The Kier molecular flexibility index (Phi) is 4.51. The van der Waals surface area contributed by atoms with E-state index in [1.807, 2.05) is 0 Å². The summed E-state index contributed by atoms with van der Waals surface area (Å²) in [5.41, 5.74) is 1.14. The van der Waals surface area contributed by atoms with Crippen LogP contribution in [0.5, 0.6) is 0 Å². The third-order valence-corrected chi connectivity index (χ3v) is 4.88. The Morgan fingerprint density at radius 3 is 2.52 bits per heavy atom. The lowest BCUT2D eigenvalue weighted by Crippen LogP contribution is -2.39. The Morgan fingerprint density at radius 1 is 1.17 bits per heavy atom. The van der Waals surface area contributed by atoms with Gasteiger partial charge in [-0.15, -0.1) is 0 Å². The lowest BCUT2D eigenvalue weighted by atomic mass is 10.0. The molecular weight excluding hydrogens is 400 g/mol. The zero-order valence-corrected chi connectivity index (χ0v) is 15.5. The first-order valence-electron chi connectivity index (χ1n) is 8.54. The van der Waals surface area contributed by atoms with Crippen LogP contribution in [0.15, 0.2) is 48.5 Å². The molecule has 29 heavy (non-hydrogen) atoms. The summed E-state index contributed by atoms with van der Waals surface area (Å²) in [4.78, 5) is 36.7. The van der Waals surface area contributed by atoms with Gasteiger partial charge in [0.1, 0.15) is 5.69 Å². The predicted molar refractivity (Wildman–Crippen MR) is 104 cm³/mol. The van der Waals surface area contributed by atoms with E-state index in [1.54, 1.807) is 24.3 Å². The van der Waals surface area contributed by atoms with E-state index in [0.717, 1.165) is 0 Å². The minimum absolute atomic E-state index is 0.0870. The highest BCUT2D eigenvalue weighted by atomic mass is 35.5. The van der Waals surface area contributed by atoms with Gasteiger partial charge in [-0.3, -0.25) is 14.9 Å². The molecule has 0 radical (unpaired) electrons. The fraction of sp³-hybridized carbons (Fsp3) is 0.105. The number of hydrogen-bond acceptors (Lipinski definition) is 5. The Labute approximate surface area is 168 Å². The Hall–Kier alpha value is -3.72. The summed E-state index contributed by atoms with van der Waals surface area (Å²) in [5, 5.41) is 24.9. The number of aromatic carboxylic acids is 1. The average Bonchev–Trinajstić information content (AvgIpc) is 3.09. The molecule has 1 aliphatic rings. The summed E-state index contributed by atoms with van der Waals surface area (Å²) in [6, 6.07) is 12.2. The number of benzene rings is 2. The Morgan fingerprint density at radius 2 is 1.90 bits per heavy atom. The normalized spacial score (nSPS) is 13.3. The quantitative estimate of drug-likeness (QED) is 0.518. The molecule has 1 N–H and O–H groups in total. The first-order valence-corrected chi connectivity index (χ1v) is 8.92. The number of carbonyl (C=O) groups excluding carboxylic acids is 1. The van der Waals surface area contributed by atoms with Gasteiger partial charge >= 0.3 is 5.97 Å². The third kappa shape index (κ3) is 3.21. The van der Waals surface area contributed by atoms with Crippen LogP contribution in [0.2, 0.25) is 5.02 Å². The topological polar surface area (TPSA) is 119 Å². The first kappa shape index (κ1) is 18.6. The zero-order chi connectivity index (χ0) is 20.7. The van der Waals surface area contributed by atoms with Gasteiger partial charge in [-0.2, -0.15) is 5.10 Å². The maximum Gasteiger partial charge on any atom is 0.356 e. The van der Waals surface area contributed by atoms with Gasteiger partial charge in [0.05, 0.1) is 10.6 Å². The number of carboxylic acid groups (broad SMARTS) is 1. The number of anilines is 1. The number of halogens is 1. The number of hydrogen-bond donors (Lipinski definition) is 1. The molecule has 10 heteroatoms. The molecule has 0 fully saturated rings. The van der Waals surface area contributed by atoms with Crippen molar-refractivity contribution in [2.75, 3.05) is 11.4 Å². The summed E-state index contributed by atoms with van der Waals surface area (Å²) < 4.78 is 1.28.